The van der Waals surface area contributed by atoms with Crippen molar-refractivity contribution in [1.82, 2.24) is 13.9 Å². The second kappa shape index (κ2) is 7.35. The standard InChI is InChI=1S/C20H24N4O2S2/c1-15-14-27-20(21-15)18-13-19(16(2)22(18)3)28(25,26)24-11-9-23(10-12-24)17-7-5-4-6-8-17/h4-8,13-14H,9-12H2,1-3H3. The normalized spacial score (nSPS) is 15.9. The van der Waals surface area contributed by atoms with Crippen molar-refractivity contribution in [3.05, 3.63) is 53.2 Å². The number of rotatable bonds is 4. The molecule has 0 N–H and O–H groups in total. The summed E-state index contributed by atoms with van der Waals surface area (Å²) in [4.78, 5) is 7.13. The van der Waals surface area contributed by atoms with Gasteiger partial charge in [-0.1, -0.05) is 18.2 Å². The summed E-state index contributed by atoms with van der Waals surface area (Å²) < 4.78 is 30.2. The second-order valence-corrected chi connectivity index (χ2v) is 9.82. The molecule has 0 spiro atoms. The zero-order chi connectivity index (χ0) is 19.9. The van der Waals surface area contributed by atoms with Gasteiger partial charge in [0.1, 0.15) is 9.90 Å². The molecule has 0 radical (unpaired) electrons. The zero-order valence-electron chi connectivity index (χ0n) is 16.3. The highest BCUT2D eigenvalue weighted by Crippen LogP contribution is 2.31. The predicted octanol–water partition coefficient (Wildman–Crippen LogP) is 3.28. The van der Waals surface area contributed by atoms with E-state index in [1.165, 1.54) is 11.3 Å². The molecule has 0 aliphatic carbocycles. The molecule has 0 unspecified atom stereocenters. The summed E-state index contributed by atoms with van der Waals surface area (Å²) in [6, 6.07) is 11.9. The van der Waals surface area contributed by atoms with Crippen molar-refractivity contribution in [2.45, 2.75) is 18.7 Å². The largest absolute Gasteiger partial charge is 0.369 e. The van der Waals surface area contributed by atoms with Crippen LogP contribution in [0.25, 0.3) is 10.7 Å². The van der Waals surface area contributed by atoms with Crippen LogP contribution >= 0.6 is 11.3 Å². The van der Waals surface area contributed by atoms with E-state index in [1.807, 2.05) is 49.0 Å². The van der Waals surface area contributed by atoms with E-state index in [0.717, 1.165) is 27.8 Å². The van der Waals surface area contributed by atoms with Crippen molar-refractivity contribution in [1.29, 1.82) is 0 Å². The van der Waals surface area contributed by atoms with Crippen molar-refractivity contribution < 1.29 is 8.42 Å². The Bertz CT molecular complexity index is 1080. The Hall–Kier alpha value is -2.16. The topological polar surface area (TPSA) is 58.4 Å². The molecule has 1 aliphatic rings. The molecule has 3 heterocycles. The number of nitrogens with zero attached hydrogens (tertiary/aromatic N) is 4. The Balaban J connectivity index is 1.58. The Morgan fingerprint density at radius 2 is 1.71 bits per heavy atom. The molecule has 0 amide bonds. The monoisotopic (exact) mass is 416 g/mol. The molecule has 0 bridgehead atoms. The van der Waals surface area contributed by atoms with Crippen LogP contribution in [0.5, 0.6) is 0 Å². The van der Waals surface area contributed by atoms with Crippen LogP contribution in [0.15, 0.2) is 46.7 Å². The van der Waals surface area contributed by atoms with Crippen LogP contribution in [0.3, 0.4) is 0 Å². The fourth-order valence-corrected chi connectivity index (χ4v) is 6.12. The molecule has 8 heteroatoms. The Labute approximate surface area is 170 Å². The highest BCUT2D eigenvalue weighted by atomic mass is 32.2. The summed E-state index contributed by atoms with van der Waals surface area (Å²) in [5.41, 5.74) is 3.67. The smallest absolute Gasteiger partial charge is 0.244 e. The lowest BCUT2D eigenvalue weighted by Crippen LogP contribution is -2.48. The molecule has 148 valence electrons. The molecule has 6 nitrogen and oxygen atoms in total. The number of hydrogen-bond acceptors (Lipinski definition) is 5. The first-order valence-electron chi connectivity index (χ1n) is 9.27. The van der Waals surface area contributed by atoms with Gasteiger partial charge in [0.05, 0.1) is 5.69 Å². The average molecular weight is 417 g/mol. The third kappa shape index (κ3) is 3.36. The summed E-state index contributed by atoms with van der Waals surface area (Å²) >= 11 is 1.54. The lowest BCUT2D eigenvalue weighted by atomic mass is 10.2. The number of benzene rings is 1. The van der Waals surface area contributed by atoms with E-state index in [4.69, 9.17) is 0 Å². The molecule has 1 saturated heterocycles. The summed E-state index contributed by atoms with van der Waals surface area (Å²) in [6.45, 7) is 6.15. The first-order chi connectivity index (χ1) is 13.4. The summed E-state index contributed by atoms with van der Waals surface area (Å²) in [5, 5.41) is 2.83. The predicted molar refractivity (Wildman–Crippen MR) is 113 cm³/mol. The minimum Gasteiger partial charge on any atom is -0.369 e. The maximum absolute atomic E-state index is 13.3. The highest BCUT2D eigenvalue weighted by Gasteiger charge is 2.32. The zero-order valence-corrected chi connectivity index (χ0v) is 17.9. The van der Waals surface area contributed by atoms with E-state index in [0.29, 0.717) is 31.1 Å². The van der Waals surface area contributed by atoms with Gasteiger partial charge in [-0.25, -0.2) is 13.4 Å². The number of aryl methyl sites for hydroxylation is 1. The van der Waals surface area contributed by atoms with Crippen molar-refractivity contribution in [2.24, 2.45) is 7.05 Å². The van der Waals surface area contributed by atoms with Gasteiger partial charge in [0.2, 0.25) is 10.0 Å². The van der Waals surface area contributed by atoms with E-state index in [2.05, 4.69) is 22.0 Å². The number of sulfonamides is 1. The molecule has 2 aromatic heterocycles. The summed E-state index contributed by atoms with van der Waals surface area (Å²) in [5.74, 6) is 0. The molecule has 28 heavy (non-hydrogen) atoms. The molecule has 0 saturated carbocycles. The van der Waals surface area contributed by atoms with E-state index in [-0.39, 0.29) is 0 Å². The maximum Gasteiger partial charge on any atom is 0.244 e. The molecule has 0 atom stereocenters. The van der Waals surface area contributed by atoms with Gasteiger partial charge in [0.25, 0.3) is 0 Å². The van der Waals surface area contributed by atoms with Crippen molar-refractivity contribution >= 4 is 27.0 Å². The third-order valence-corrected chi connectivity index (χ3v) is 8.30. The van der Waals surface area contributed by atoms with Crippen LogP contribution in [0.4, 0.5) is 5.69 Å². The molecule has 4 rings (SSSR count). The SMILES string of the molecule is Cc1csc(-c2cc(S(=O)(=O)N3CCN(c4ccccc4)CC3)c(C)n2C)n1. The summed E-state index contributed by atoms with van der Waals surface area (Å²) in [7, 11) is -1.64. The van der Waals surface area contributed by atoms with Crippen LogP contribution in [0, 0.1) is 13.8 Å². The van der Waals surface area contributed by atoms with Crippen LogP contribution in [0.1, 0.15) is 11.4 Å². The molecular weight excluding hydrogens is 392 g/mol. The van der Waals surface area contributed by atoms with Crippen molar-refractivity contribution in [3.63, 3.8) is 0 Å². The van der Waals surface area contributed by atoms with E-state index in [9.17, 15) is 8.42 Å². The molecule has 1 aliphatic heterocycles. The molecule has 1 aromatic carbocycles. The minimum absolute atomic E-state index is 0.381. The van der Waals surface area contributed by atoms with Gasteiger partial charge in [-0.2, -0.15) is 4.31 Å². The van der Waals surface area contributed by atoms with E-state index < -0.39 is 10.0 Å². The molecule has 3 aromatic rings. The van der Waals surface area contributed by atoms with Crippen LogP contribution in [-0.2, 0) is 17.1 Å². The molecule has 1 fully saturated rings. The Morgan fingerprint density at radius 1 is 1.04 bits per heavy atom. The number of aromatic nitrogens is 2. The van der Waals surface area contributed by atoms with Crippen LogP contribution < -0.4 is 4.90 Å². The lowest BCUT2D eigenvalue weighted by Gasteiger charge is -2.35. The fraction of sp³-hybridized carbons (Fsp3) is 0.350. The van der Waals surface area contributed by atoms with Gasteiger partial charge in [0.15, 0.2) is 0 Å². The quantitative estimate of drug-likeness (QED) is 0.655. The average Bonchev–Trinajstić information content (AvgIpc) is 3.26. The number of anilines is 1. The lowest BCUT2D eigenvalue weighted by molar-refractivity contribution is 0.384. The van der Waals surface area contributed by atoms with Crippen molar-refractivity contribution in [2.75, 3.05) is 31.1 Å². The number of hydrogen-bond donors (Lipinski definition) is 0. The van der Waals surface area contributed by atoms with Gasteiger partial charge in [-0.15, -0.1) is 11.3 Å². The second-order valence-electron chi connectivity index (χ2n) is 7.06. The highest BCUT2D eigenvalue weighted by molar-refractivity contribution is 7.89. The maximum atomic E-state index is 13.3. The first-order valence-corrected chi connectivity index (χ1v) is 11.6. The first kappa shape index (κ1) is 19.2. The summed E-state index contributed by atoms with van der Waals surface area (Å²) in [6.07, 6.45) is 0. The fourth-order valence-electron chi connectivity index (χ4n) is 3.57. The van der Waals surface area contributed by atoms with Gasteiger partial charge in [0, 0.05) is 55.7 Å². The van der Waals surface area contributed by atoms with Crippen LogP contribution in [0.2, 0.25) is 0 Å². The van der Waals surface area contributed by atoms with E-state index >= 15 is 0 Å². The molecular formula is C20H24N4O2S2. The van der Waals surface area contributed by atoms with Crippen LogP contribution in [-0.4, -0.2) is 48.5 Å². The van der Waals surface area contributed by atoms with E-state index in [1.54, 1.807) is 10.4 Å². The number of para-hydroxylation sites is 1. The van der Waals surface area contributed by atoms with Gasteiger partial charge in [-0.3, -0.25) is 0 Å². The van der Waals surface area contributed by atoms with Gasteiger partial charge in [-0.05, 0) is 32.0 Å². The van der Waals surface area contributed by atoms with Gasteiger partial charge < -0.3 is 9.47 Å². The number of thiazole rings is 1. The Kier molecular flexibility index (Phi) is 5.03. The third-order valence-electron chi connectivity index (χ3n) is 5.30. The number of piperazine rings is 1. The van der Waals surface area contributed by atoms with Gasteiger partial charge >= 0.3 is 0 Å². The Morgan fingerprint density at radius 3 is 2.32 bits per heavy atom. The van der Waals surface area contributed by atoms with Crippen molar-refractivity contribution in [3.8, 4) is 10.7 Å². The minimum atomic E-state index is -3.54.